The van der Waals surface area contributed by atoms with Crippen molar-refractivity contribution in [1.82, 2.24) is 0 Å². The first-order valence-corrected chi connectivity index (χ1v) is 9.20. The molecule has 0 radical (unpaired) electrons. The van der Waals surface area contributed by atoms with Crippen molar-refractivity contribution in [2.24, 2.45) is 0 Å². The van der Waals surface area contributed by atoms with E-state index in [1.807, 2.05) is 44.7 Å². The van der Waals surface area contributed by atoms with E-state index in [1.54, 1.807) is 0 Å². The van der Waals surface area contributed by atoms with Crippen molar-refractivity contribution in [3.63, 3.8) is 0 Å². The lowest BCUT2D eigenvalue weighted by Crippen LogP contribution is -2.51. The van der Waals surface area contributed by atoms with Crippen molar-refractivity contribution in [2.75, 3.05) is 13.2 Å². The van der Waals surface area contributed by atoms with Crippen LogP contribution in [0.15, 0.2) is 24.3 Å². The average Bonchev–Trinajstić information content (AvgIpc) is 2.45. The number of carbonyl (C=O) groups excluding carboxylic acids is 2. The fraction of sp³-hybridized carbons (Fsp3) is 0.467. The van der Waals surface area contributed by atoms with Crippen LogP contribution in [0.3, 0.4) is 0 Å². The maximum absolute atomic E-state index is 11.0. The van der Waals surface area contributed by atoms with E-state index >= 15 is 0 Å². The van der Waals surface area contributed by atoms with Gasteiger partial charge in [0, 0.05) is 25.6 Å². The summed E-state index contributed by atoms with van der Waals surface area (Å²) < 4.78 is 11.6. The second kappa shape index (κ2) is 8.09. The Labute approximate surface area is 121 Å². The van der Waals surface area contributed by atoms with Crippen LogP contribution in [-0.4, -0.2) is 34.3 Å². The molecule has 1 aromatic rings. The van der Waals surface area contributed by atoms with Crippen LogP contribution in [0.1, 0.15) is 31.7 Å². The van der Waals surface area contributed by atoms with Gasteiger partial charge in [-0.25, -0.2) is 0 Å². The fourth-order valence-corrected chi connectivity index (χ4v) is 4.46. The monoisotopic (exact) mass is 294 g/mol. The number of hydrogen-bond donors (Lipinski definition) is 0. The molecule has 0 aliphatic heterocycles. The van der Waals surface area contributed by atoms with Gasteiger partial charge in [-0.15, -0.1) is 0 Å². The lowest BCUT2D eigenvalue weighted by Gasteiger charge is -2.26. The van der Waals surface area contributed by atoms with Gasteiger partial charge >= 0.3 is 8.56 Å². The molecule has 1 atom stereocenters. The van der Waals surface area contributed by atoms with Gasteiger partial charge in [0.2, 0.25) is 0 Å². The lowest BCUT2D eigenvalue weighted by atomic mass is 9.98. The first-order valence-electron chi connectivity index (χ1n) is 6.88. The summed E-state index contributed by atoms with van der Waals surface area (Å²) >= 11 is 0. The highest BCUT2D eigenvalue weighted by Gasteiger charge is 2.33. The van der Waals surface area contributed by atoms with E-state index in [0.29, 0.717) is 13.2 Å². The van der Waals surface area contributed by atoms with Gasteiger partial charge in [-0.05, 0) is 31.1 Å². The van der Waals surface area contributed by atoms with Crippen LogP contribution in [0.4, 0.5) is 0 Å². The smallest absolute Gasteiger partial charge is 0.369 e. The molecular weight excluding hydrogens is 272 g/mol. The minimum absolute atomic E-state index is 0.217. The molecule has 20 heavy (non-hydrogen) atoms. The summed E-state index contributed by atoms with van der Waals surface area (Å²) in [4.78, 5) is 21.5. The largest absolute Gasteiger partial charge is 0.391 e. The number of hydrogen-bond acceptors (Lipinski definition) is 4. The Balaban J connectivity index is 2.98. The third-order valence-corrected chi connectivity index (χ3v) is 6.28. The van der Waals surface area contributed by atoms with E-state index in [0.717, 1.165) is 23.3 Å². The van der Waals surface area contributed by atoms with Crippen molar-refractivity contribution >= 4 is 26.3 Å². The molecule has 0 heterocycles. The lowest BCUT2D eigenvalue weighted by molar-refractivity contribution is -0.113. The molecule has 0 fully saturated rings. The van der Waals surface area contributed by atoms with Gasteiger partial charge in [0.25, 0.3) is 0 Å². The first-order chi connectivity index (χ1) is 9.61. The summed E-state index contributed by atoms with van der Waals surface area (Å²) in [6, 6.07) is 7.63. The molecule has 0 aromatic heterocycles. The van der Waals surface area contributed by atoms with Gasteiger partial charge in [0.15, 0.2) is 0 Å². The molecular formula is C15H22O4Si. The maximum atomic E-state index is 11.0. The molecule has 1 unspecified atom stereocenters. The number of rotatable bonds is 9. The summed E-state index contributed by atoms with van der Waals surface area (Å²) in [7, 11) is -2.37. The predicted molar refractivity (Wildman–Crippen MR) is 80.4 cm³/mol. The second-order valence-corrected chi connectivity index (χ2v) is 7.62. The zero-order valence-corrected chi connectivity index (χ0v) is 13.3. The van der Waals surface area contributed by atoms with E-state index in [9.17, 15) is 9.59 Å². The van der Waals surface area contributed by atoms with Crippen molar-refractivity contribution < 1.29 is 18.4 Å². The molecule has 0 saturated carbocycles. The quantitative estimate of drug-likeness (QED) is 0.516. The Kier molecular flexibility index (Phi) is 6.77. The minimum Gasteiger partial charge on any atom is -0.391 e. The van der Waals surface area contributed by atoms with Gasteiger partial charge in [-0.3, -0.25) is 0 Å². The van der Waals surface area contributed by atoms with Crippen molar-refractivity contribution in [3.8, 4) is 0 Å². The van der Waals surface area contributed by atoms with Crippen LogP contribution in [0.5, 0.6) is 0 Å². The SMILES string of the molecule is CCO[Si](C)(OCC)c1ccc(C(C=O)CC=O)cc1. The molecule has 110 valence electrons. The number of carbonyl (C=O) groups is 2. The second-order valence-electron chi connectivity index (χ2n) is 4.58. The standard InChI is InChI=1S/C15H22O4Si/c1-4-18-20(3,19-5-2)15-8-6-13(7-9-15)14(12-17)10-11-16/h6-9,11-12,14H,4-5,10H2,1-3H3. The third-order valence-electron chi connectivity index (χ3n) is 3.22. The van der Waals surface area contributed by atoms with E-state index in [1.165, 1.54) is 0 Å². The molecule has 0 aliphatic carbocycles. The highest BCUT2D eigenvalue weighted by Crippen LogP contribution is 2.17. The Morgan fingerprint density at radius 2 is 1.65 bits per heavy atom. The topological polar surface area (TPSA) is 52.6 Å². The minimum atomic E-state index is -2.37. The Bertz CT molecular complexity index is 424. The van der Waals surface area contributed by atoms with Crippen LogP contribution in [-0.2, 0) is 18.4 Å². The first kappa shape index (κ1) is 16.8. The summed E-state index contributed by atoms with van der Waals surface area (Å²) in [6.07, 6.45) is 1.80. The number of aldehydes is 2. The van der Waals surface area contributed by atoms with Crippen LogP contribution < -0.4 is 5.19 Å². The van der Waals surface area contributed by atoms with E-state index < -0.39 is 8.56 Å². The maximum Gasteiger partial charge on any atom is 0.369 e. The van der Waals surface area contributed by atoms with Crippen molar-refractivity contribution in [3.05, 3.63) is 29.8 Å². The van der Waals surface area contributed by atoms with Crippen LogP contribution in [0, 0.1) is 0 Å². The zero-order chi connectivity index (χ0) is 15.0. The molecule has 1 rings (SSSR count). The normalized spacial score (nSPS) is 12.9. The molecule has 0 bridgehead atoms. The molecule has 0 spiro atoms. The Morgan fingerprint density at radius 3 is 2.05 bits per heavy atom. The Hall–Kier alpha value is -1.30. The molecule has 5 heteroatoms. The summed E-state index contributed by atoms with van der Waals surface area (Å²) in [5.41, 5.74) is 0.847. The molecule has 1 aromatic carbocycles. The highest BCUT2D eigenvalue weighted by molar-refractivity contribution is 6.79. The van der Waals surface area contributed by atoms with Gasteiger partial charge in [-0.1, -0.05) is 24.3 Å². The highest BCUT2D eigenvalue weighted by atomic mass is 28.4. The van der Waals surface area contributed by atoms with Gasteiger partial charge in [-0.2, -0.15) is 0 Å². The van der Waals surface area contributed by atoms with Gasteiger partial charge in [0.1, 0.15) is 12.6 Å². The fourth-order valence-electron chi connectivity index (χ4n) is 2.17. The molecule has 0 saturated heterocycles. The van der Waals surface area contributed by atoms with E-state index in [-0.39, 0.29) is 12.3 Å². The van der Waals surface area contributed by atoms with E-state index in [4.69, 9.17) is 8.85 Å². The van der Waals surface area contributed by atoms with E-state index in [2.05, 4.69) is 0 Å². The van der Waals surface area contributed by atoms with Gasteiger partial charge in [0.05, 0.1) is 0 Å². The van der Waals surface area contributed by atoms with Crippen LogP contribution in [0.25, 0.3) is 0 Å². The Morgan fingerprint density at radius 1 is 1.10 bits per heavy atom. The van der Waals surface area contributed by atoms with Crippen LogP contribution >= 0.6 is 0 Å². The molecule has 0 N–H and O–H groups in total. The number of benzene rings is 1. The average molecular weight is 294 g/mol. The van der Waals surface area contributed by atoms with Gasteiger partial charge < -0.3 is 18.4 Å². The summed E-state index contributed by atoms with van der Waals surface area (Å²) in [6.45, 7) is 7.12. The summed E-state index contributed by atoms with van der Waals surface area (Å²) in [5, 5.41) is 1.03. The molecule has 0 amide bonds. The zero-order valence-electron chi connectivity index (χ0n) is 12.3. The summed E-state index contributed by atoms with van der Waals surface area (Å²) in [5.74, 6) is -0.367. The third kappa shape index (κ3) is 4.09. The van der Waals surface area contributed by atoms with Crippen LogP contribution in [0.2, 0.25) is 6.55 Å². The molecule has 4 nitrogen and oxygen atoms in total. The predicted octanol–water partition coefficient (Wildman–Crippen LogP) is 1.91. The van der Waals surface area contributed by atoms with Crippen molar-refractivity contribution in [1.29, 1.82) is 0 Å². The van der Waals surface area contributed by atoms with Crippen molar-refractivity contribution in [2.45, 2.75) is 32.7 Å². The molecule has 0 aliphatic rings.